The van der Waals surface area contributed by atoms with Crippen LogP contribution in [0.15, 0.2) is 48.1 Å². The van der Waals surface area contributed by atoms with E-state index < -0.39 is 0 Å². The summed E-state index contributed by atoms with van der Waals surface area (Å²) < 4.78 is 7.08. The summed E-state index contributed by atoms with van der Waals surface area (Å²) in [5.74, 6) is 0.404. The van der Waals surface area contributed by atoms with Crippen molar-refractivity contribution < 1.29 is 9.53 Å². The molecule has 0 saturated carbocycles. The summed E-state index contributed by atoms with van der Waals surface area (Å²) in [5.41, 5.74) is 2.30. The van der Waals surface area contributed by atoms with Gasteiger partial charge < -0.3 is 9.64 Å². The zero-order valence-electron chi connectivity index (χ0n) is 15.8. The van der Waals surface area contributed by atoms with Crippen LogP contribution in [0.5, 0.6) is 0 Å². The molecule has 1 aliphatic rings. The quantitative estimate of drug-likeness (QED) is 0.522. The normalized spacial score (nSPS) is 14.2. The lowest BCUT2D eigenvalue weighted by Crippen LogP contribution is -2.37. The van der Waals surface area contributed by atoms with Crippen LogP contribution in [-0.2, 0) is 4.74 Å². The Morgan fingerprint density at radius 3 is 2.83 bits per heavy atom. The number of imidazole rings is 1. The standard InChI is InChI=1S/C20H17ClN6O2S/c21-15-4-2-1-3-13(15)16-12-27-18(23-16)14(19(28)24-20-22-5-10-30-20)11-17(25-27)26-6-8-29-9-7-26/h1-5,10-12H,6-9H2,(H,22,24,28). The van der Waals surface area contributed by atoms with Crippen molar-refractivity contribution in [1.29, 1.82) is 0 Å². The van der Waals surface area contributed by atoms with Crippen molar-refractivity contribution in [2.24, 2.45) is 0 Å². The average Bonchev–Trinajstić information content (AvgIpc) is 3.43. The van der Waals surface area contributed by atoms with Crippen LogP contribution in [0.25, 0.3) is 16.9 Å². The molecule has 4 heterocycles. The van der Waals surface area contributed by atoms with Crippen LogP contribution in [0, 0.1) is 0 Å². The number of nitrogens with one attached hydrogen (secondary N) is 1. The number of ether oxygens (including phenoxy) is 1. The molecule has 152 valence electrons. The van der Waals surface area contributed by atoms with Crippen molar-refractivity contribution >= 4 is 45.4 Å². The maximum atomic E-state index is 13.1. The van der Waals surface area contributed by atoms with E-state index in [1.165, 1.54) is 11.3 Å². The number of anilines is 2. The number of morpholine rings is 1. The number of carbonyl (C=O) groups is 1. The fourth-order valence-corrected chi connectivity index (χ4v) is 4.08. The fourth-order valence-electron chi connectivity index (χ4n) is 3.33. The smallest absolute Gasteiger partial charge is 0.261 e. The number of benzene rings is 1. The van der Waals surface area contributed by atoms with Crippen LogP contribution >= 0.6 is 22.9 Å². The molecule has 1 saturated heterocycles. The molecule has 4 aromatic rings. The van der Waals surface area contributed by atoms with Crippen molar-refractivity contribution in [3.8, 4) is 11.3 Å². The van der Waals surface area contributed by atoms with Crippen LogP contribution in [0.2, 0.25) is 5.02 Å². The summed E-state index contributed by atoms with van der Waals surface area (Å²) in [4.78, 5) is 24.0. The maximum absolute atomic E-state index is 13.1. The SMILES string of the molecule is O=C(Nc1nccs1)c1cc(N2CCOCC2)nn2cc(-c3ccccc3Cl)nc12. The van der Waals surface area contributed by atoms with E-state index in [-0.39, 0.29) is 5.91 Å². The predicted molar refractivity (Wildman–Crippen MR) is 117 cm³/mol. The van der Waals surface area contributed by atoms with E-state index in [4.69, 9.17) is 21.4 Å². The minimum absolute atomic E-state index is 0.289. The van der Waals surface area contributed by atoms with Crippen molar-refractivity contribution in [2.45, 2.75) is 0 Å². The van der Waals surface area contributed by atoms with Crippen molar-refractivity contribution in [3.63, 3.8) is 0 Å². The largest absolute Gasteiger partial charge is 0.378 e. The minimum Gasteiger partial charge on any atom is -0.378 e. The van der Waals surface area contributed by atoms with Gasteiger partial charge in [-0.3, -0.25) is 10.1 Å². The van der Waals surface area contributed by atoms with Crippen molar-refractivity contribution in [3.05, 3.63) is 58.7 Å². The van der Waals surface area contributed by atoms with Gasteiger partial charge in [0.2, 0.25) is 0 Å². The molecule has 5 rings (SSSR count). The van der Waals surface area contributed by atoms with Gasteiger partial charge in [-0.05, 0) is 12.1 Å². The molecule has 1 N–H and O–H groups in total. The van der Waals surface area contributed by atoms with Crippen LogP contribution < -0.4 is 10.2 Å². The van der Waals surface area contributed by atoms with Crippen molar-refractivity contribution in [1.82, 2.24) is 19.6 Å². The van der Waals surface area contributed by atoms with Crippen LogP contribution in [0.3, 0.4) is 0 Å². The Bertz CT molecular complexity index is 1200. The molecule has 10 heteroatoms. The highest BCUT2D eigenvalue weighted by atomic mass is 35.5. The molecule has 1 aliphatic heterocycles. The molecule has 0 radical (unpaired) electrons. The van der Waals surface area contributed by atoms with Crippen molar-refractivity contribution in [2.75, 3.05) is 36.5 Å². The lowest BCUT2D eigenvalue weighted by molar-refractivity contribution is 0.102. The number of hydrogen-bond acceptors (Lipinski definition) is 7. The Hall–Kier alpha value is -3.01. The van der Waals surface area contributed by atoms with Gasteiger partial charge in [0, 0.05) is 30.2 Å². The van der Waals surface area contributed by atoms with E-state index in [0.717, 1.165) is 5.56 Å². The Kier molecular flexibility index (Phi) is 5.07. The van der Waals surface area contributed by atoms with Gasteiger partial charge in [0.25, 0.3) is 5.91 Å². The number of nitrogens with zero attached hydrogens (tertiary/aromatic N) is 5. The summed E-state index contributed by atoms with van der Waals surface area (Å²) in [6, 6.07) is 9.23. The topological polar surface area (TPSA) is 84.7 Å². The first-order valence-electron chi connectivity index (χ1n) is 9.38. The van der Waals surface area contributed by atoms with E-state index in [1.54, 1.807) is 23.0 Å². The third-order valence-corrected chi connectivity index (χ3v) is 5.81. The number of halogens is 1. The summed E-state index contributed by atoms with van der Waals surface area (Å²) in [5, 5.41) is 10.5. The summed E-state index contributed by atoms with van der Waals surface area (Å²) >= 11 is 7.72. The molecule has 0 aliphatic carbocycles. The summed E-state index contributed by atoms with van der Waals surface area (Å²) in [6.45, 7) is 2.65. The van der Waals surface area contributed by atoms with E-state index in [9.17, 15) is 4.79 Å². The lowest BCUT2D eigenvalue weighted by Gasteiger charge is -2.27. The lowest BCUT2D eigenvalue weighted by atomic mass is 10.2. The number of fused-ring (bicyclic) bond motifs is 1. The third kappa shape index (κ3) is 3.62. The first-order chi connectivity index (χ1) is 14.7. The Morgan fingerprint density at radius 1 is 1.23 bits per heavy atom. The van der Waals surface area contributed by atoms with E-state index in [2.05, 4.69) is 20.2 Å². The monoisotopic (exact) mass is 440 g/mol. The van der Waals surface area contributed by atoms with Gasteiger partial charge in [0.1, 0.15) is 0 Å². The van der Waals surface area contributed by atoms with Gasteiger partial charge in [-0.15, -0.1) is 16.4 Å². The van der Waals surface area contributed by atoms with Gasteiger partial charge >= 0.3 is 0 Å². The first kappa shape index (κ1) is 19.0. The Labute approximate surface area is 181 Å². The molecule has 1 amide bonds. The van der Waals surface area contributed by atoms with Crippen LogP contribution in [-0.4, -0.2) is 51.8 Å². The number of amides is 1. The Balaban J connectivity index is 1.62. The highest BCUT2D eigenvalue weighted by Gasteiger charge is 2.21. The van der Waals surface area contributed by atoms with Gasteiger partial charge in [0.15, 0.2) is 16.6 Å². The van der Waals surface area contributed by atoms with E-state index in [0.29, 0.717) is 59.2 Å². The molecule has 0 spiro atoms. The summed E-state index contributed by atoms with van der Waals surface area (Å²) in [6.07, 6.45) is 3.44. The van der Waals surface area contributed by atoms with Gasteiger partial charge in [-0.1, -0.05) is 29.8 Å². The summed E-state index contributed by atoms with van der Waals surface area (Å²) in [7, 11) is 0. The number of hydrogen-bond donors (Lipinski definition) is 1. The molecule has 30 heavy (non-hydrogen) atoms. The fraction of sp³-hybridized carbons (Fsp3) is 0.200. The molecule has 1 aromatic carbocycles. The third-order valence-electron chi connectivity index (χ3n) is 4.79. The molecular weight excluding hydrogens is 424 g/mol. The molecule has 8 nitrogen and oxygen atoms in total. The second-order valence-electron chi connectivity index (χ2n) is 6.68. The number of carbonyl (C=O) groups excluding carboxylic acids is 1. The van der Waals surface area contributed by atoms with Crippen LogP contribution in [0.4, 0.5) is 10.9 Å². The maximum Gasteiger partial charge on any atom is 0.261 e. The van der Waals surface area contributed by atoms with E-state index >= 15 is 0 Å². The molecule has 0 atom stereocenters. The second kappa shape index (κ2) is 8.02. The predicted octanol–water partition coefficient (Wildman–Crippen LogP) is 3.60. The molecule has 1 fully saturated rings. The van der Waals surface area contributed by atoms with Gasteiger partial charge in [0.05, 0.1) is 35.7 Å². The molecular formula is C20H17ClN6O2S. The average molecular weight is 441 g/mol. The zero-order valence-corrected chi connectivity index (χ0v) is 17.4. The van der Waals surface area contributed by atoms with Crippen LogP contribution in [0.1, 0.15) is 10.4 Å². The van der Waals surface area contributed by atoms with Gasteiger partial charge in [-0.25, -0.2) is 14.5 Å². The highest BCUT2D eigenvalue weighted by Crippen LogP contribution is 2.29. The second-order valence-corrected chi connectivity index (χ2v) is 7.98. The molecule has 3 aromatic heterocycles. The molecule has 0 bridgehead atoms. The number of aromatic nitrogens is 4. The number of thiazole rings is 1. The first-order valence-corrected chi connectivity index (χ1v) is 10.6. The minimum atomic E-state index is -0.289. The Morgan fingerprint density at radius 2 is 2.07 bits per heavy atom. The number of rotatable bonds is 4. The highest BCUT2D eigenvalue weighted by molar-refractivity contribution is 7.13. The zero-order chi connectivity index (χ0) is 20.5. The van der Waals surface area contributed by atoms with Gasteiger partial charge in [-0.2, -0.15) is 0 Å². The molecule has 0 unspecified atom stereocenters. The van der Waals surface area contributed by atoms with E-state index in [1.807, 2.05) is 29.6 Å².